The van der Waals surface area contributed by atoms with E-state index in [0.29, 0.717) is 5.56 Å². The second-order valence-electron chi connectivity index (χ2n) is 2.86. The third-order valence-corrected chi connectivity index (χ3v) is 2.88. The predicted octanol–water partition coefficient (Wildman–Crippen LogP) is 3.29. The van der Waals surface area contributed by atoms with E-state index in [1.54, 1.807) is 0 Å². The van der Waals surface area contributed by atoms with Crippen LogP contribution in [0, 0.1) is 0 Å². The lowest BCUT2D eigenvalue weighted by molar-refractivity contribution is -0.274. The van der Waals surface area contributed by atoms with E-state index in [-0.39, 0.29) is 23.3 Å². The molecule has 16 heavy (non-hydrogen) atoms. The normalized spacial score (nSPS) is 13.2. The number of hydrogen-bond donors (Lipinski definition) is 0. The Morgan fingerprint density at radius 2 is 2.12 bits per heavy atom. The zero-order valence-electron chi connectivity index (χ0n) is 7.83. The monoisotopic (exact) mass is 271 g/mol. The molecule has 7 heteroatoms. The van der Waals surface area contributed by atoms with Gasteiger partial charge in [-0.2, -0.15) is 0 Å². The lowest BCUT2D eigenvalue weighted by Crippen LogP contribution is -2.17. The molecule has 1 unspecified atom stereocenters. The molecule has 0 saturated carbocycles. The molecule has 0 aliphatic heterocycles. The van der Waals surface area contributed by atoms with E-state index in [2.05, 4.69) is 4.74 Å². The first-order valence-corrected chi connectivity index (χ1v) is 5.50. The van der Waals surface area contributed by atoms with Crippen LogP contribution < -0.4 is 4.74 Å². The Balaban J connectivity index is 2.90. The number of hydrogen-bond acceptors (Lipinski definition) is 2. The zero-order valence-corrected chi connectivity index (χ0v) is 9.40. The van der Waals surface area contributed by atoms with Crippen LogP contribution in [0.3, 0.4) is 0 Å². The first kappa shape index (κ1) is 13.2. The van der Waals surface area contributed by atoms with Crippen LogP contribution in [-0.4, -0.2) is 12.2 Å². The van der Waals surface area contributed by atoms with Crippen LogP contribution in [0.4, 0.5) is 13.2 Å². The van der Waals surface area contributed by atoms with Gasteiger partial charge in [0.05, 0.1) is 5.88 Å². The van der Waals surface area contributed by atoms with Gasteiger partial charge in [0.1, 0.15) is 5.75 Å². The van der Waals surface area contributed by atoms with Crippen LogP contribution in [0.1, 0.15) is 10.8 Å². The highest BCUT2D eigenvalue weighted by molar-refractivity contribution is 7.66. The summed E-state index contributed by atoms with van der Waals surface area (Å²) < 4.78 is 50.1. The molecular weight excluding hydrogens is 265 g/mol. The molecule has 0 bridgehead atoms. The van der Waals surface area contributed by atoms with E-state index in [1.165, 1.54) is 12.1 Å². The van der Waals surface area contributed by atoms with E-state index >= 15 is 0 Å². The summed E-state index contributed by atoms with van der Waals surface area (Å²) in [5, 5.41) is -0.585. The van der Waals surface area contributed by atoms with Crippen LogP contribution in [0.15, 0.2) is 24.3 Å². The van der Waals surface area contributed by atoms with Crippen LogP contribution in [0.2, 0.25) is 0 Å². The smallest absolute Gasteiger partial charge is 0.406 e. The van der Waals surface area contributed by atoms with Gasteiger partial charge >= 0.3 is 18.0 Å². The van der Waals surface area contributed by atoms with Gasteiger partial charge in [-0.05, 0) is 12.1 Å². The number of alkyl halides is 4. The SMILES string of the molecule is O=[S+]C(CCl)c1cccc(OC(F)(F)F)c1. The van der Waals surface area contributed by atoms with Crippen LogP contribution in [0.25, 0.3) is 0 Å². The molecule has 0 aromatic heterocycles. The topological polar surface area (TPSA) is 26.3 Å². The van der Waals surface area contributed by atoms with Gasteiger partial charge in [-0.25, -0.2) is 0 Å². The van der Waals surface area contributed by atoms with Gasteiger partial charge in [-0.1, -0.05) is 12.1 Å². The van der Waals surface area contributed by atoms with Gasteiger partial charge in [0.2, 0.25) is 0 Å². The molecule has 1 aromatic rings. The summed E-state index contributed by atoms with van der Waals surface area (Å²) in [6.07, 6.45) is -4.74. The van der Waals surface area contributed by atoms with Gasteiger partial charge in [-0.15, -0.1) is 24.8 Å². The Labute approximate surface area is 98.8 Å². The van der Waals surface area contributed by atoms with Crippen molar-refractivity contribution in [3.05, 3.63) is 29.8 Å². The molecule has 88 valence electrons. The molecule has 0 amide bonds. The van der Waals surface area contributed by atoms with Crippen LogP contribution in [-0.2, 0) is 15.9 Å². The lowest BCUT2D eigenvalue weighted by Gasteiger charge is -2.09. The van der Waals surface area contributed by atoms with Gasteiger partial charge < -0.3 is 4.74 Å². The minimum absolute atomic E-state index is 0.0314. The summed E-state index contributed by atoms with van der Waals surface area (Å²) in [4.78, 5) is 0. The minimum Gasteiger partial charge on any atom is -0.406 e. The fourth-order valence-electron chi connectivity index (χ4n) is 1.08. The van der Waals surface area contributed by atoms with Crippen LogP contribution >= 0.6 is 11.6 Å². The summed E-state index contributed by atoms with van der Waals surface area (Å²) in [7, 11) is 0. The summed E-state index contributed by atoms with van der Waals surface area (Å²) >= 11 is 5.73. The Kier molecular flexibility index (Phi) is 4.49. The van der Waals surface area contributed by atoms with E-state index in [4.69, 9.17) is 11.6 Å². The van der Waals surface area contributed by atoms with Crippen LogP contribution in [0.5, 0.6) is 5.75 Å². The maximum absolute atomic E-state index is 11.9. The van der Waals surface area contributed by atoms with E-state index in [9.17, 15) is 17.4 Å². The minimum atomic E-state index is -4.74. The molecule has 1 atom stereocenters. The van der Waals surface area contributed by atoms with Gasteiger partial charge in [-0.3, -0.25) is 0 Å². The van der Waals surface area contributed by atoms with Crippen molar-refractivity contribution < 1.29 is 22.1 Å². The lowest BCUT2D eigenvalue weighted by atomic mass is 10.1. The quantitative estimate of drug-likeness (QED) is 0.620. The first-order valence-electron chi connectivity index (χ1n) is 4.16. The van der Waals surface area contributed by atoms with Gasteiger partial charge in [0.15, 0.2) is 0 Å². The average Bonchev–Trinajstić information content (AvgIpc) is 2.17. The zero-order chi connectivity index (χ0) is 12.2. The molecule has 0 aliphatic rings. The third kappa shape index (κ3) is 3.94. The molecule has 1 aromatic carbocycles. The number of rotatable bonds is 4. The van der Waals surface area contributed by atoms with Crippen molar-refractivity contribution >= 4 is 23.3 Å². The van der Waals surface area contributed by atoms with E-state index < -0.39 is 11.6 Å². The summed E-state index contributed by atoms with van der Waals surface area (Å²) in [5.74, 6) is -0.321. The molecule has 0 saturated heterocycles. The fourth-order valence-corrected chi connectivity index (χ4v) is 1.72. The highest BCUT2D eigenvalue weighted by atomic mass is 35.5. The molecule has 0 heterocycles. The van der Waals surface area contributed by atoms with Gasteiger partial charge in [0.25, 0.3) is 5.25 Å². The maximum Gasteiger partial charge on any atom is 0.573 e. The molecule has 0 fully saturated rings. The van der Waals surface area contributed by atoms with Crippen molar-refractivity contribution in [2.24, 2.45) is 0 Å². The molecule has 0 aliphatic carbocycles. The van der Waals surface area contributed by atoms with Crippen molar-refractivity contribution in [1.29, 1.82) is 0 Å². The largest absolute Gasteiger partial charge is 0.573 e. The second kappa shape index (κ2) is 5.45. The van der Waals surface area contributed by atoms with Gasteiger partial charge in [0, 0.05) is 9.77 Å². The first-order chi connectivity index (χ1) is 7.46. The molecule has 0 N–H and O–H groups in total. The standard InChI is InChI=1S/C9H7ClF3O2S/c10-5-8(16-14)6-2-1-3-7(4-6)15-9(11,12)13/h1-4,8H,5H2/q+1. The fraction of sp³-hybridized carbons (Fsp3) is 0.333. The molecular formula is C9H7ClF3O2S+. The van der Waals surface area contributed by atoms with Crippen molar-refractivity contribution in [1.82, 2.24) is 0 Å². The summed E-state index contributed by atoms with van der Waals surface area (Å²) in [6, 6.07) is 5.23. The molecule has 1 rings (SSSR count). The Bertz CT molecular complexity index is 370. The summed E-state index contributed by atoms with van der Waals surface area (Å²) in [6.45, 7) is 0. The molecule has 2 nitrogen and oxygen atoms in total. The Morgan fingerprint density at radius 1 is 1.44 bits per heavy atom. The third-order valence-electron chi connectivity index (χ3n) is 1.72. The number of ether oxygens (including phenoxy) is 1. The Hall–Kier alpha value is -0.880. The van der Waals surface area contributed by atoms with Crippen molar-refractivity contribution in [2.75, 3.05) is 5.88 Å². The van der Waals surface area contributed by atoms with E-state index in [0.717, 1.165) is 12.1 Å². The Morgan fingerprint density at radius 3 is 2.62 bits per heavy atom. The predicted molar refractivity (Wildman–Crippen MR) is 54.6 cm³/mol. The second-order valence-corrected chi connectivity index (χ2v) is 3.93. The van der Waals surface area contributed by atoms with E-state index in [1.807, 2.05) is 0 Å². The number of benzene rings is 1. The molecule has 0 spiro atoms. The highest BCUT2D eigenvalue weighted by Gasteiger charge is 2.32. The van der Waals surface area contributed by atoms with Crippen molar-refractivity contribution in [2.45, 2.75) is 11.6 Å². The maximum atomic E-state index is 11.9. The average molecular weight is 272 g/mol. The van der Waals surface area contributed by atoms with Crippen molar-refractivity contribution in [3.63, 3.8) is 0 Å². The van der Waals surface area contributed by atoms with Crippen molar-refractivity contribution in [3.8, 4) is 5.75 Å². The summed E-state index contributed by atoms with van der Waals surface area (Å²) in [5.41, 5.74) is 0.414. The highest BCUT2D eigenvalue weighted by Crippen LogP contribution is 2.26. The molecule has 0 radical (unpaired) electrons. The number of halogens is 4.